The summed E-state index contributed by atoms with van der Waals surface area (Å²) in [4.78, 5) is 40.8. The first-order valence-corrected chi connectivity index (χ1v) is 18.6. The van der Waals surface area contributed by atoms with Crippen LogP contribution in [0.2, 0.25) is 0 Å². The molecule has 11 atom stereocenters. The average Bonchev–Trinajstić information content (AvgIpc) is 3.51. The number of allylic oxidation sites excluding steroid dienone is 3. The van der Waals surface area contributed by atoms with Crippen LogP contribution < -0.4 is 0 Å². The Hall–Kier alpha value is -2.59. The van der Waals surface area contributed by atoms with Crippen molar-refractivity contribution < 1.29 is 44.3 Å². The summed E-state index contributed by atoms with van der Waals surface area (Å²) in [5, 5.41) is 42.8. The molecule has 4 aliphatic carbocycles. The molecule has 0 bridgehead atoms. The lowest BCUT2D eigenvalue weighted by atomic mass is 9.45. The van der Waals surface area contributed by atoms with Gasteiger partial charge in [0.1, 0.15) is 12.4 Å². The molecule has 1 unspecified atom stereocenters. The van der Waals surface area contributed by atoms with E-state index in [0.29, 0.717) is 44.1 Å². The third-order valence-electron chi connectivity index (χ3n) is 14.8. The first-order valence-electron chi connectivity index (χ1n) is 18.6. The van der Waals surface area contributed by atoms with Crippen LogP contribution in [0.15, 0.2) is 47.6 Å². The molecule has 4 saturated carbocycles. The van der Waals surface area contributed by atoms with Crippen LogP contribution in [0.5, 0.6) is 0 Å². The van der Waals surface area contributed by atoms with Crippen molar-refractivity contribution >= 4 is 17.7 Å². The maximum Gasteiger partial charge on any atom is 0.334 e. The predicted molar refractivity (Wildman–Crippen MR) is 189 cm³/mol. The second-order valence-corrected chi connectivity index (χ2v) is 17.2. The first-order chi connectivity index (χ1) is 23.5. The highest BCUT2D eigenvalue weighted by Crippen LogP contribution is 2.63. The Bertz CT molecular complexity index is 1440. The van der Waals surface area contributed by atoms with Gasteiger partial charge in [-0.05, 0) is 105 Å². The van der Waals surface area contributed by atoms with E-state index in [9.17, 15) is 34.8 Å². The van der Waals surface area contributed by atoms with Crippen LogP contribution in [0.3, 0.4) is 0 Å². The largest absolute Gasteiger partial charge is 0.466 e. The number of rotatable bonds is 11. The lowest BCUT2D eigenvalue weighted by Gasteiger charge is -2.60. The van der Waals surface area contributed by atoms with Gasteiger partial charge in [-0.2, -0.15) is 0 Å². The van der Waals surface area contributed by atoms with E-state index in [-0.39, 0.29) is 72.1 Å². The van der Waals surface area contributed by atoms with E-state index in [4.69, 9.17) is 9.47 Å². The summed E-state index contributed by atoms with van der Waals surface area (Å²) in [6.45, 7) is 17.0. The van der Waals surface area contributed by atoms with Crippen LogP contribution in [0, 0.1) is 51.2 Å². The fraction of sp³-hybridized carbons (Fsp3) is 0.732. The molecular formula is C41H60O9. The highest BCUT2D eigenvalue weighted by Gasteiger charge is 2.59. The maximum absolute atomic E-state index is 14.5. The zero-order valence-corrected chi connectivity index (χ0v) is 30.8. The zero-order valence-electron chi connectivity index (χ0n) is 30.8. The Balaban J connectivity index is 1.44. The highest BCUT2D eigenvalue weighted by molar-refractivity contribution is 6.02. The molecule has 0 aromatic carbocycles. The van der Waals surface area contributed by atoms with E-state index in [0.717, 1.165) is 36.8 Å². The normalized spacial score (nSPS) is 41.1. The van der Waals surface area contributed by atoms with Crippen LogP contribution in [0.25, 0.3) is 0 Å². The van der Waals surface area contributed by atoms with Crippen molar-refractivity contribution in [3.05, 3.63) is 47.6 Å². The van der Waals surface area contributed by atoms with Crippen molar-refractivity contribution in [2.45, 2.75) is 111 Å². The Labute approximate surface area is 297 Å². The number of carbonyl (C=O) groups excluding carboxylic acids is 3. The minimum absolute atomic E-state index is 0.00703. The molecule has 0 aromatic heterocycles. The number of hydrogen-bond donors (Lipinski definition) is 4. The minimum Gasteiger partial charge on any atom is -0.466 e. The standard InChI is InChI=1S/C41H60O9/c1-24-8-12-32-38(3,17-14-34(45)40(32,5)22-42)29(24)11-10-26(36(47)49-7)20-31(44)28(27-16-19-50-37(27)48)21-30-25(2)9-13-33-39(30,4)18-15-35(46)41(33,6)23-43/h10,16,28-30,32-35,42-43,45-46H,1-2,8-9,11-15,17-23H2,3-7H3/b26-10+/t28?,29-,30-,32+,33+,34-,35-,38+,39+,40+,41+/m1/s1. The summed E-state index contributed by atoms with van der Waals surface area (Å²) in [6.07, 6.45) is 8.39. The predicted octanol–water partition coefficient (Wildman–Crippen LogP) is 5.41. The quantitative estimate of drug-likeness (QED) is 0.126. The van der Waals surface area contributed by atoms with Gasteiger partial charge in [0, 0.05) is 28.4 Å². The molecule has 4 N–H and O–H groups in total. The number of aliphatic hydroxyl groups is 4. The van der Waals surface area contributed by atoms with E-state index in [1.807, 2.05) is 13.8 Å². The molecule has 1 aliphatic heterocycles. The van der Waals surface area contributed by atoms with Crippen LogP contribution in [0.4, 0.5) is 0 Å². The van der Waals surface area contributed by atoms with Gasteiger partial charge in [-0.1, -0.05) is 58.1 Å². The molecule has 9 heteroatoms. The Morgan fingerprint density at radius 3 is 1.92 bits per heavy atom. The zero-order chi connectivity index (χ0) is 36.8. The van der Waals surface area contributed by atoms with Crippen molar-refractivity contribution in [1.29, 1.82) is 0 Å². The Morgan fingerprint density at radius 1 is 0.920 bits per heavy atom. The summed E-state index contributed by atoms with van der Waals surface area (Å²) in [5.74, 6) is -2.36. The fourth-order valence-electron chi connectivity index (χ4n) is 11.5. The summed E-state index contributed by atoms with van der Waals surface area (Å²) in [7, 11) is 1.30. The first kappa shape index (κ1) is 38.6. The number of aliphatic hydroxyl groups excluding tert-OH is 4. The molecule has 1 heterocycles. The number of Topliss-reactive ketones (excluding diaryl/α,β-unsaturated/α-hetero) is 1. The maximum atomic E-state index is 14.5. The van der Waals surface area contributed by atoms with E-state index in [1.165, 1.54) is 7.11 Å². The Kier molecular flexibility index (Phi) is 11.2. The van der Waals surface area contributed by atoms with Gasteiger partial charge in [0.05, 0.1) is 38.4 Å². The number of ketones is 1. The molecule has 5 aliphatic rings. The van der Waals surface area contributed by atoms with E-state index in [1.54, 1.807) is 12.2 Å². The third-order valence-corrected chi connectivity index (χ3v) is 14.8. The number of hydrogen-bond acceptors (Lipinski definition) is 9. The van der Waals surface area contributed by atoms with Crippen molar-refractivity contribution in [2.75, 3.05) is 26.9 Å². The third kappa shape index (κ3) is 6.39. The van der Waals surface area contributed by atoms with Gasteiger partial charge < -0.3 is 29.9 Å². The van der Waals surface area contributed by atoms with E-state index in [2.05, 4.69) is 27.0 Å². The van der Waals surface area contributed by atoms with Crippen molar-refractivity contribution in [1.82, 2.24) is 0 Å². The minimum atomic E-state index is -0.834. The number of esters is 2. The van der Waals surface area contributed by atoms with Gasteiger partial charge in [-0.25, -0.2) is 9.59 Å². The molecule has 278 valence electrons. The molecule has 0 saturated heterocycles. The van der Waals surface area contributed by atoms with Gasteiger partial charge in [0.25, 0.3) is 0 Å². The van der Waals surface area contributed by atoms with Gasteiger partial charge in [-0.3, -0.25) is 4.79 Å². The number of fused-ring (bicyclic) bond motifs is 2. The van der Waals surface area contributed by atoms with Crippen molar-refractivity contribution in [3.8, 4) is 0 Å². The fourth-order valence-corrected chi connectivity index (χ4v) is 11.5. The van der Waals surface area contributed by atoms with E-state index < -0.39 is 40.9 Å². The molecule has 0 spiro atoms. The molecular weight excluding hydrogens is 636 g/mol. The van der Waals surface area contributed by atoms with Crippen molar-refractivity contribution in [3.63, 3.8) is 0 Å². The summed E-state index contributed by atoms with van der Waals surface area (Å²) in [5.41, 5.74) is 0.638. The average molecular weight is 697 g/mol. The second kappa shape index (κ2) is 14.4. The molecule has 9 nitrogen and oxygen atoms in total. The molecule has 0 amide bonds. The summed E-state index contributed by atoms with van der Waals surface area (Å²) >= 11 is 0. The number of carbonyl (C=O) groups is 3. The number of cyclic esters (lactones) is 1. The molecule has 5 rings (SSSR count). The van der Waals surface area contributed by atoms with Gasteiger partial charge in [0.2, 0.25) is 0 Å². The summed E-state index contributed by atoms with van der Waals surface area (Å²) < 4.78 is 10.5. The van der Waals surface area contributed by atoms with Crippen LogP contribution in [0.1, 0.15) is 98.3 Å². The monoisotopic (exact) mass is 696 g/mol. The smallest absolute Gasteiger partial charge is 0.334 e. The molecule has 4 fully saturated rings. The second-order valence-electron chi connectivity index (χ2n) is 17.2. The molecule has 50 heavy (non-hydrogen) atoms. The molecule has 0 aromatic rings. The van der Waals surface area contributed by atoms with Gasteiger partial charge >= 0.3 is 11.9 Å². The summed E-state index contributed by atoms with van der Waals surface area (Å²) in [6, 6.07) is 0. The van der Waals surface area contributed by atoms with Crippen LogP contribution >= 0.6 is 0 Å². The lowest BCUT2D eigenvalue weighted by molar-refractivity contribution is -0.154. The SMILES string of the molecule is C=C1CC[C@@H]2[C@](C)(CO)[C@H](O)CC[C@@]2(C)[C@@H]1C/C=C(\CC(=O)C(C[C@@H]1C(=C)CC[C@@H]2[C@](C)(CO)[C@H](O)CC[C@]21C)C1=CCOC1=O)C(=O)OC. The highest BCUT2D eigenvalue weighted by atomic mass is 16.5. The van der Waals surface area contributed by atoms with Crippen molar-refractivity contribution in [2.24, 2.45) is 51.2 Å². The molecule has 0 radical (unpaired) electrons. The topological polar surface area (TPSA) is 151 Å². The lowest BCUT2D eigenvalue weighted by Crippen LogP contribution is -2.57. The van der Waals surface area contributed by atoms with E-state index >= 15 is 0 Å². The Morgan fingerprint density at radius 2 is 1.44 bits per heavy atom. The number of methoxy groups -OCH3 is 1. The van der Waals surface area contributed by atoms with Crippen LogP contribution in [-0.2, 0) is 23.9 Å². The number of ether oxygens (including phenoxy) is 2. The van der Waals surface area contributed by atoms with Gasteiger partial charge in [0.15, 0.2) is 0 Å². The van der Waals surface area contributed by atoms with Crippen LogP contribution in [-0.4, -0.2) is 77.3 Å². The van der Waals surface area contributed by atoms with Gasteiger partial charge in [-0.15, -0.1) is 0 Å².